The van der Waals surface area contributed by atoms with Crippen molar-refractivity contribution in [3.63, 3.8) is 0 Å². The molecule has 0 saturated carbocycles. The minimum atomic E-state index is -0.390. The summed E-state index contributed by atoms with van der Waals surface area (Å²) < 4.78 is 16.0. The topological polar surface area (TPSA) is 56.8 Å². The van der Waals surface area contributed by atoms with Crippen LogP contribution >= 0.6 is 0 Å². The molecule has 1 amide bonds. The molecular formula is C14H19NO4. The molecule has 104 valence electrons. The van der Waals surface area contributed by atoms with Gasteiger partial charge in [-0.3, -0.25) is 0 Å². The average molecular weight is 265 g/mol. The SMILES string of the molecule is CCCc1ccc(OCC2CNC(=O)O2)c(OC)c1. The minimum absolute atomic E-state index is 0.243. The molecule has 1 aromatic rings. The summed E-state index contributed by atoms with van der Waals surface area (Å²) >= 11 is 0. The maximum atomic E-state index is 10.9. The molecule has 1 saturated heterocycles. The van der Waals surface area contributed by atoms with Crippen LogP contribution in [0.4, 0.5) is 4.79 Å². The second kappa shape index (κ2) is 6.31. The summed E-state index contributed by atoms with van der Waals surface area (Å²) in [6, 6.07) is 5.91. The third-order valence-electron chi connectivity index (χ3n) is 2.94. The Bertz CT molecular complexity index is 447. The van der Waals surface area contributed by atoms with Gasteiger partial charge in [0.25, 0.3) is 0 Å². The van der Waals surface area contributed by atoms with Gasteiger partial charge in [0.15, 0.2) is 17.6 Å². The van der Waals surface area contributed by atoms with Gasteiger partial charge >= 0.3 is 6.09 Å². The lowest BCUT2D eigenvalue weighted by Gasteiger charge is -2.14. The number of aryl methyl sites for hydroxylation is 1. The van der Waals surface area contributed by atoms with Crippen molar-refractivity contribution in [1.29, 1.82) is 0 Å². The zero-order chi connectivity index (χ0) is 13.7. The van der Waals surface area contributed by atoms with Gasteiger partial charge in [0.05, 0.1) is 13.7 Å². The van der Waals surface area contributed by atoms with Crippen molar-refractivity contribution in [3.8, 4) is 11.5 Å². The van der Waals surface area contributed by atoms with Crippen LogP contribution in [-0.2, 0) is 11.2 Å². The normalized spacial score (nSPS) is 17.8. The van der Waals surface area contributed by atoms with Crippen LogP contribution in [0.5, 0.6) is 11.5 Å². The quantitative estimate of drug-likeness (QED) is 0.856. The Labute approximate surface area is 112 Å². The summed E-state index contributed by atoms with van der Waals surface area (Å²) in [5, 5.41) is 2.59. The lowest BCUT2D eigenvalue weighted by atomic mass is 10.1. The van der Waals surface area contributed by atoms with Gasteiger partial charge in [-0.25, -0.2) is 4.79 Å². The maximum Gasteiger partial charge on any atom is 0.407 e. The van der Waals surface area contributed by atoms with Gasteiger partial charge in [-0.2, -0.15) is 0 Å². The highest BCUT2D eigenvalue weighted by Gasteiger charge is 2.23. The molecule has 1 N–H and O–H groups in total. The molecular weight excluding hydrogens is 246 g/mol. The predicted octanol–water partition coefficient (Wildman–Crippen LogP) is 2.13. The van der Waals surface area contributed by atoms with Crippen LogP contribution in [0, 0.1) is 0 Å². The molecule has 1 aliphatic heterocycles. The van der Waals surface area contributed by atoms with Gasteiger partial charge in [-0.15, -0.1) is 0 Å². The number of alkyl carbamates (subject to hydrolysis) is 1. The lowest BCUT2D eigenvalue weighted by molar-refractivity contribution is 0.103. The first-order valence-corrected chi connectivity index (χ1v) is 6.47. The van der Waals surface area contributed by atoms with Crippen molar-refractivity contribution in [1.82, 2.24) is 5.32 Å². The molecule has 19 heavy (non-hydrogen) atoms. The number of hydrogen-bond acceptors (Lipinski definition) is 4. The maximum absolute atomic E-state index is 10.9. The van der Waals surface area contributed by atoms with E-state index in [0.717, 1.165) is 12.8 Å². The van der Waals surface area contributed by atoms with E-state index in [-0.39, 0.29) is 12.2 Å². The van der Waals surface area contributed by atoms with E-state index in [1.807, 2.05) is 18.2 Å². The number of hydrogen-bond donors (Lipinski definition) is 1. The van der Waals surface area contributed by atoms with Crippen molar-refractivity contribution in [3.05, 3.63) is 23.8 Å². The second-order valence-electron chi connectivity index (χ2n) is 4.45. The fourth-order valence-electron chi connectivity index (χ4n) is 1.98. The second-order valence-corrected chi connectivity index (χ2v) is 4.45. The number of carbonyl (C=O) groups excluding carboxylic acids is 1. The fraction of sp³-hybridized carbons (Fsp3) is 0.500. The van der Waals surface area contributed by atoms with Crippen LogP contribution in [0.15, 0.2) is 18.2 Å². The van der Waals surface area contributed by atoms with Crippen molar-refractivity contribution >= 4 is 6.09 Å². The Morgan fingerprint density at radius 2 is 2.26 bits per heavy atom. The van der Waals surface area contributed by atoms with Crippen LogP contribution in [0.25, 0.3) is 0 Å². The van der Waals surface area contributed by atoms with Gasteiger partial charge in [-0.1, -0.05) is 19.4 Å². The van der Waals surface area contributed by atoms with E-state index in [0.29, 0.717) is 24.7 Å². The molecule has 0 radical (unpaired) electrons. The zero-order valence-corrected chi connectivity index (χ0v) is 11.3. The summed E-state index contributed by atoms with van der Waals surface area (Å²) in [5.41, 5.74) is 1.22. The van der Waals surface area contributed by atoms with E-state index < -0.39 is 0 Å². The Kier molecular flexibility index (Phi) is 4.49. The van der Waals surface area contributed by atoms with Gasteiger partial charge in [-0.05, 0) is 24.1 Å². The molecule has 1 aromatic carbocycles. The predicted molar refractivity (Wildman–Crippen MR) is 70.8 cm³/mol. The average Bonchev–Trinajstić information content (AvgIpc) is 2.83. The van der Waals surface area contributed by atoms with E-state index in [1.165, 1.54) is 5.56 Å². The summed E-state index contributed by atoms with van der Waals surface area (Å²) in [7, 11) is 1.62. The number of benzene rings is 1. The monoisotopic (exact) mass is 265 g/mol. The molecule has 0 aromatic heterocycles. The molecule has 0 bridgehead atoms. The fourth-order valence-corrected chi connectivity index (χ4v) is 1.98. The van der Waals surface area contributed by atoms with Gasteiger partial charge in [0.2, 0.25) is 0 Å². The number of methoxy groups -OCH3 is 1. The Hall–Kier alpha value is -1.91. The van der Waals surface area contributed by atoms with E-state index >= 15 is 0 Å². The third kappa shape index (κ3) is 3.53. The van der Waals surface area contributed by atoms with Crippen LogP contribution in [0.2, 0.25) is 0 Å². The summed E-state index contributed by atoms with van der Waals surface area (Å²) in [5.74, 6) is 1.38. The standard InChI is InChI=1S/C14H19NO4/c1-3-4-10-5-6-12(13(7-10)17-2)18-9-11-8-15-14(16)19-11/h5-7,11H,3-4,8-9H2,1-2H3,(H,15,16). The number of nitrogens with one attached hydrogen (secondary N) is 1. The number of carbonyl (C=O) groups is 1. The first kappa shape index (κ1) is 13.5. The summed E-state index contributed by atoms with van der Waals surface area (Å²) in [4.78, 5) is 10.9. The van der Waals surface area contributed by atoms with Gasteiger partial charge < -0.3 is 19.5 Å². The Balaban J connectivity index is 1.97. The molecule has 0 spiro atoms. The lowest BCUT2D eigenvalue weighted by Crippen LogP contribution is -2.22. The van der Waals surface area contributed by atoms with Crippen LogP contribution in [0.3, 0.4) is 0 Å². The molecule has 1 heterocycles. The van der Waals surface area contributed by atoms with Crippen molar-refractivity contribution < 1.29 is 19.0 Å². The molecule has 1 aliphatic rings. The molecule has 5 nitrogen and oxygen atoms in total. The Morgan fingerprint density at radius 1 is 1.42 bits per heavy atom. The highest BCUT2D eigenvalue weighted by Crippen LogP contribution is 2.28. The van der Waals surface area contributed by atoms with Crippen molar-refractivity contribution in [2.75, 3.05) is 20.3 Å². The van der Waals surface area contributed by atoms with Gasteiger partial charge in [0.1, 0.15) is 6.61 Å². The first-order chi connectivity index (χ1) is 9.22. The van der Waals surface area contributed by atoms with Crippen molar-refractivity contribution in [2.45, 2.75) is 25.9 Å². The Morgan fingerprint density at radius 3 is 2.89 bits per heavy atom. The number of rotatable bonds is 6. The smallest absolute Gasteiger partial charge is 0.407 e. The molecule has 1 fully saturated rings. The summed E-state index contributed by atoms with van der Waals surface area (Å²) in [6.07, 6.45) is 1.47. The van der Waals surface area contributed by atoms with Crippen LogP contribution in [-0.4, -0.2) is 32.5 Å². The molecule has 1 unspecified atom stereocenters. The van der Waals surface area contributed by atoms with Crippen molar-refractivity contribution in [2.24, 2.45) is 0 Å². The van der Waals surface area contributed by atoms with E-state index in [9.17, 15) is 4.79 Å². The molecule has 2 rings (SSSR count). The van der Waals surface area contributed by atoms with Crippen LogP contribution in [0.1, 0.15) is 18.9 Å². The van der Waals surface area contributed by atoms with E-state index in [1.54, 1.807) is 7.11 Å². The first-order valence-electron chi connectivity index (χ1n) is 6.47. The number of cyclic esters (lactones) is 1. The molecule has 1 atom stereocenters. The third-order valence-corrected chi connectivity index (χ3v) is 2.94. The van der Waals surface area contributed by atoms with Crippen LogP contribution < -0.4 is 14.8 Å². The highest BCUT2D eigenvalue weighted by molar-refractivity contribution is 5.69. The number of ether oxygens (including phenoxy) is 3. The van der Waals surface area contributed by atoms with E-state index in [2.05, 4.69) is 12.2 Å². The van der Waals surface area contributed by atoms with E-state index in [4.69, 9.17) is 14.2 Å². The largest absolute Gasteiger partial charge is 0.493 e. The zero-order valence-electron chi connectivity index (χ0n) is 11.3. The molecule has 0 aliphatic carbocycles. The summed E-state index contributed by atoms with van der Waals surface area (Å²) in [6.45, 7) is 2.94. The molecule has 5 heteroatoms. The number of amides is 1. The van der Waals surface area contributed by atoms with Gasteiger partial charge in [0, 0.05) is 0 Å². The minimum Gasteiger partial charge on any atom is -0.493 e. The highest BCUT2D eigenvalue weighted by atomic mass is 16.6.